The summed E-state index contributed by atoms with van der Waals surface area (Å²) in [4.78, 5) is 29.1. The number of amides is 2. The second-order valence-electron chi connectivity index (χ2n) is 9.99. The number of hydrogen-bond acceptors (Lipinski definition) is 5. The van der Waals surface area contributed by atoms with Gasteiger partial charge in [0.25, 0.3) is 10.0 Å². The fourth-order valence-electron chi connectivity index (χ4n) is 4.66. The number of likely N-dealkylation sites (N-methyl/N-ethyl adjacent to an activating group) is 1. The maximum Gasteiger partial charge on any atom is 0.264 e. The Kier molecular flexibility index (Phi) is 10.4. The van der Waals surface area contributed by atoms with E-state index in [9.17, 15) is 18.0 Å². The number of methoxy groups -OCH3 is 1. The van der Waals surface area contributed by atoms with Crippen LogP contribution < -0.4 is 14.4 Å². The van der Waals surface area contributed by atoms with E-state index in [1.165, 1.54) is 24.1 Å². The zero-order valence-electron chi connectivity index (χ0n) is 24.2. The summed E-state index contributed by atoms with van der Waals surface area (Å²) in [6.07, 6.45) is 0.224. The summed E-state index contributed by atoms with van der Waals surface area (Å²) in [5.74, 6) is -0.341. The first-order chi connectivity index (χ1) is 20.6. The molecule has 10 heteroatoms. The van der Waals surface area contributed by atoms with Crippen LogP contribution in [0.5, 0.6) is 5.75 Å². The summed E-state index contributed by atoms with van der Waals surface area (Å²) in [5, 5.41) is 3.10. The van der Waals surface area contributed by atoms with Crippen molar-refractivity contribution in [1.82, 2.24) is 10.2 Å². The van der Waals surface area contributed by atoms with Crippen LogP contribution in [0.1, 0.15) is 16.7 Å². The number of sulfonamides is 1. The summed E-state index contributed by atoms with van der Waals surface area (Å²) in [7, 11) is -1.13. The zero-order valence-corrected chi connectivity index (χ0v) is 25.8. The quantitative estimate of drug-likeness (QED) is 0.234. The van der Waals surface area contributed by atoms with Crippen molar-refractivity contribution in [3.8, 4) is 5.75 Å². The third kappa shape index (κ3) is 7.94. The topological polar surface area (TPSA) is 96.0 Å². The Labute approximate surface area is 257 Å². The summed E-state index contributed by atoms with van der Waals surface area (Å²) in [6, 6.07) is 28.3. The first kappa shape index (κ1) is 31.6. The van der Waals surface area contributed by atoms with E-state index in [0.717, 1.165) is 15.4 Å². The van der Waals surface area contributed by atoms with Gasteiger partial charge in [-0.1, -0.05) is 71.8 Å². The Bertz CT molecular complexity index is 1650. The lowest BCUT2D eigenvalue weighted by Crippen LogP contribution is -2.53. The fraction of sp³-hybridized carbons (Fsp3) is 0.212. The normalized spacial score (nSPS) is 11.8. The molecule has 0 aliphatic rings. The predicted molar refractivity (Wildman–Crippen MR) is 169 cm³/mol. The van der Waals surface area contributed by atoms with Crippen LogP contribution in [0, 0.1) is 6.92 Å². The van der Waals surface area contributed by atoms with Gasteiger partial charge in [0.2, 0.25) is 11.8 Å². The Balaban J connectivity index is 1.79. The first-order valence-electron chi connectivity index (χ1n) is 13.6. The Morgan fingerprint density at radius 1 is 0.884 bits per heavy atom. The molecule has 0 unspecified atom stereocenters. The molecule has 43 heavy (non-hydrogen) atoms. The number of nitrogens with zero attached hydrogens (tertiary/aromatic N) is 2. The van der Waals surface area contributed by atoms with Crippen molar-refractivity contribution in [1.29, 1.82) is 0 Å². The molecular formula is C33H34ClN3O5S. The number of benzene rings is 4. The SMILES string of the molecule is CNC(=O)[C@@H](Cc1ccccc1)N(Cc1cccc(OC)c1)C(=O)CN(c1ccc(Cl)cc1)S(=O)(=O)c1ccc(C)cc1. The monoisotopic (exact) mass is 619 g/mol. The van der Waals surface area contributed by atoms with Crippen molar-refractivity contribution in [3.05, 3.63) is 125 Å². The highest BCUT2D eigenvalue weighted by Gasteiger charge is 2.34. The molecule has 0 fully saturated rings. The molecule has 0 aliphatic heterocycles. The van der Waals surface area contributed by atoms with Gasteiger partial charge in [-0.15, -0.1) is 0 Å². The zero-order chi connectivity index (χ0) is 31.0. The smallest absolute Gasteiger partial charge is 0.264 e. The molecule has 0 aromatic heterocycles. The van der Waals surface area contributed by atoms with E-state index in [4.69, 9.17) is 16.3 Å². The van der Waals surface area contributed by atoms with Crippen molar-refractivity contribution in [2.75, 3.05) is 25.0 Å². The Morgan fingerprint density at radius 2 is 1.53 bits per heavy atom. The number of hydrogen-bond donors (Lipinski definition) is 1. The second kappa shape index (κ2) is 14.2. The molecule has 8 nitrogen and oxygen atoms in total. The first-order valence-corrected chi connectivity index (χ1v) is 15.5. The molecule has 1 atom stereocenters. The molecule has 2 amide bonds. The molecule has 4 aromatic rings. The van der Waals surface area contributed by atoms with Crippen LogP contribution >= 0.6 is 11.6 Å². The Morgan fingerprint density at radius 3 is 2.16 bits per heavy atom. The second-order valence-corrected chi connectivity index (χ2v) is 12.3. The van der Waals surface area contributed by atoms with Crippen molar-refractivity contribution in [3.63, 3.8) is 0 Å². The largest absolute Gasteiger partial charge is 0.497 e. The summed E-state index contributed by atoms with van der Waals surface area (Å²) in [6.45, 7) is 1.35. The average Bonchev–Trinajstić information content (AvgIpc) is 3.02. The molecule has 0 saturated carbocycles. The van der Waals surface area contributed by atoms with Crippen molar-refractivity contribution in [2.24, 2.45) is 0 Å². The standard InChI is InChI=1S/C33H34ClN3O5S/c1-24-12-18-30(19-13-24)43(40,41)37(28-16-14-27(34)15-17-28)23-32(38)36(22-26-10-7-11-29(20-26)42-3)31(33(39)35-2)21-25-8-5-4-6-9-25/h4-20,31H,21-23H2,1-3H3,(H,35,39)/t31-/m1/s1. The summed E-state index contributed by atoms with van der Waals surface area (Å²) < 4.78 is 34.4. The molecule has 0 spiro atoms. The molecule has 0 heterocycles. The van der Waals surface area contributed by atoms with E-state index < -0.39 is 28.5 Å². The van der Waals surface area contributed by atoms with Crippen molar-refractivity contribution >= 4 is 39.1 Å². The summed E-state index contributed by atoms with van der Waals surface area (Å²) >= 11 is 6.11. The van der Waals surface area contributed by atoms with Crippen LogP contribution in [0.2, 0.25) is 5.02 Å². The molecule has 4 aromatic carbocycles. The number of nitrogens with one attached hydrogen (secondary N) is 1. The van der Waals surface area contributed by atoms with E-state index in [1.807, 2.05) is 43.3 Å². The maximum atomic E-state index is 14.3. The molecule has 4 rings (SSSR count). The van der Waals surface area contributed by atoms with Gasteiger partial charge in [-0.3, -0.25) is 13.9 Å². The van der Waals surface area contributed by atoms with Crippen LogP contribution in [-0.4, -0.2) is 51.9 Å². The fourth-order valence-corrected chi connectivity index (χ4v) is 6.20. The number of rotatable bonds is 12. The van der Waals surface area contributed by atoms with Crippen LogP contribution in [-0.2, 0) is 32.6 Å². The van der Waals surface area contributed by atoms with Gasteiger partial charge in [-0.05, 0) is 66.6 Å². The van der Waals surface area contributed by atoms with E-state index in [2.05, 4.69) is 5.32 Å². The van der Waals surface area contributed by atoms with Gasteiger partial charge in [0.05, 0.1) is 17.7 Å². The van der Waals surface area contributed by atoms with E-state index >= 15 is 0 Å². The summed E-state index contributed by atoms with van der Waals surface area (Å²) in [5.41, 5.74) is 2.72. The number of carbonyl (C=O) groups excluding carboxylic acids is 2. The number of halogens is 1. The van der Waals surface area contributed by atoms with Gasteiger partial charge in [-0.25, -0.2) is 8.42 Å². The number of aryl methyl sites for hydroxylation is 1. The molecular weight excluding hydrogens is 586 g/mol. The lowest BCUT2D eigenvalue weighted by atomic mass is 10.0. The van der Waals surface area contributed by atoms with Gasteiger partial charge >= 0.3 is 0 Å². The van der Waals surface area contributed by atoms with Crippen molar-refractivity contribution in [2.45, 2.75) is 30.8 Å². The highest BCUT2D eigenvalue weighted by Crippen LogP contribution is 2.27. The van der Waals surface area contributed by atoms with Crippen LogP contribution in [0.3, 0.4) is 0 Å². The van der Waals surface area contributed by atoms with E-state index in [0.29, 0.717) is 16.3 Å². The highest BCUT2D eigenvalue weighted by molar-refractivity contribution is 7.92. The molecule has 0 saturated heterocycles. The molecule has 224 valence electrons. The third-order valence-electron chi connectivity index (χ3n) is 7.01. The van der Waals surface area contributed by atoms with Crippen LogP contribution in [0.15, 0.2) is 108 Å². The minimum atomic E-state index is -4.18. The number of ether oxygens (including phenoxy) is 1. The highest BCUT2D eigenvalue weighted by atomic mass is 35.5. The van der Waals surface area contributed by atoms with Gasteiger partial charge in [-0.2, -0.15) is 0 Å². The average molecular weight is 620 g/mol. The van der Waals surface area contributed by atoms with E-state index in [1.54, 1.807) is 61.7 Å². The molecule has 0 aliphatic carbocycles. The lowest BCUT2D eigenvalue weighted by Gasteiger charge is -2.33. The third-order valence-corrected chi connectivity index (χ3v) is 9.05. The van der Waals surface area contributed by atoms with Gasteiger partial charge in [0.1, 0.15) is 18.3 Å². The van der Waals surface area contributed by atoms with Crippen LogP contribution in [0.4, 0.5) is 5.69 Å². The number of carbonyl (C=O) groups is 2. The predicted octanol–water partition coefficient (Wildman–Crippen LogP) is 5.24. The minimum Gasteiger partial charge on any atom is -0.497 e. The lowest BCUT2D eigenvalue weighted by molar-refractivity contribution is -0.139. The maximum absolute atomic E-state index is 14.3. The van der Waals surface area contributed by atoms with Crippen LogP contribution in [0.25, 0.3) is 0 Å². The molecule has 0 radical (unpaired) electrons. The van der Waals surface area contributed by atoms with Crippen molar-refractivity contribution < 1.29 is 22.7 Å². The molecule has 1 N–H and O–H groups in total. The van der Waals surface area contributed by atoms with Gasteiger partial charge in [0, 0.05) is 25.0 Å². The van der Waals surface area contributed by atoms with Gasteiger partial charge < -0.3 is 15.0 Å². The van der Waals surface area contributed by atoms with Gasteiger partial charge in [0.15, 0.2) is 0 Å². The van der Waals surface area contributed by atoms with E-state index in [-0.39, 0.29) is 29.5 Å². The minimum absolute atomic E-state index is 0.0346. The molecule has 0 bridgehead atoms. The Hall–Kier alpha value is -4.34. The number of anilines is 1.